The lowest BCUT2D eigenvalue weighted by Gasteiger charge is -2.15. The fourth-order valence-corrected chi connectivity index (χ4v) is 2.63. The first-order valence-corrected chi connectivity index (χ1v) is 9.58. The Morgan fingerprint density at radius 1 is 1.07 bits per heavy atom. The molecule has 160 valence electrons. The third-order valence-corrected chi connectivity index (χ3v) is 4.26. The molecule has 8 heteroatoms. The molecule has 0 saturated carbocycles. The van der Waals surface area contributed by atoms with Crippen molar-refractivity contribution in [3.63, 3.8) is 0 Å². The van der Waals surface area contributed by atoms with Gasteiger partial charge in [0.2, 0.25) is 5.89 Å². The molecule has 0 aliphatic heterocycles. The van der Waals surface area contributed by atoms with Gasteiger partial charge < -0.3 is 29.3 Å². The van der Waals surface area contributed by atoms with Gasteiger partial charge in [0.15, 0.2) is 5.96 Å². The van der Waals surface area contributed by atoms with Crippen LogP contribution in [0.15, 0.2) is 27.7 Å². The molecule has 0 saturated heterocycles. The van der Waals surface area contributed by atoms with E-state index in [-0.39, 0.29) is 5.41 Å². The highest BCUT2D eigenvalue weighted by molar-refractivity contribution is 5.79. The van der Waals surface area contributed by atoms with Crippen LogP contribution < -0.4 is 24.8 Å². The van der Waals surface area contributed by atoms with E-state index in [9.17, 15) is 0 Å². The molecule has 1 heterocycles. The van der Waals surface area contributed by atoms with Gasteiger partial charge in [-0.25, -0.2) is 9.98 Å². The number of aromatic nitrogens is 1. The zero-order valence-corrected chi connectivity index (χ0v) is 18.4. The van der Waals surface area contributed by atoms with Crippen LogP contribution in [0.2, 0.25) is 0 Å². The molecule has 0 aliphatic carbocycles. The molecular formula is C21H32N4O4. The SMILES string of the molecule is CCNC(=NCc1c(OC)cc(OC)cc1OC)NCc1ncc(C(C)(C)C)o1. The van der Waals surface area contributed by atoms with Crippen molar-refractivity contribution in [1.29, 1.82) is 0 Å². The number of aliphatic imine (C=N–C) groups is 1. The number of methoxy groups -OCH3 is 3. The summed E-state index contributed by atoms with van der Waals surface area (Å²) in [6.07, 6.45) is 1.77. The fourth-order valence-electron chi connectivity index (χ4n) is 2.63. The molecule has 0 aliphatic rings. The standard InChI is InChI=1S/C21H32N4O4/c1-8-22-20(25-13-19-23-12-18(29-19)21(2,3)4)24-11-15-16(27-6)9-14(26-5)10-17(15)28-7/h9-10,12H,8,11,13H2,1-7H3,(H2,22,24,25). The average molecular weight is 405 g/mol. The van der Waals surface area contributed by atoms with Crippen LogP contribution in [-0.4, -0.2) is 38.8 Å². The van der Waals surface area contributed by atoms with E-state index in [1.54, 1.807) is 27.5 Å². The Hall–Kier alpha value is -2.90. The highest BCUT2D eigenvalue weighted by Gasteiger charge is 2.19. The molecular weight excluding hydrogens is 372 g/mol. The molecule has 2 N–H and O–H groups in total. The van der Waals surface area contributed by atoms with Gasteiger partial charge in [-0.15, -0.1) is 0 Å². The highest BCUT2D eigenvalue weighted by atomic mass is 16.5. The molecule has 29 heavy (non-hydrogen) atoms. The maximum absolute atomic E-state index is 5.83. The normalized spacial score (nSPS) is 11.9. The molecule has 0 radical (unpaired) electrons. The van der Waals surface area contributed by atoms with Crippen molar-refractivity contribution in [2.75, 3.05) is 27.9 Å². The van der Waals surface area contributed by atoms with Crippen LogP contribution in [0.1, 0.15) is 44.9 Å². The summed E-state index contributed by atoms with van der Waals surface area (Å²) in [5.41, 5.74) is 0.754. The predicted octanol–water partition coefficient (Wildman–Crippen LogP) is 3.25. The molecule has 0 atom stereocenters. The van der Waals surface area contributed by atoms with E-state index in [0.717, 1.165) is 17.9 Å². The van der Waals surface area contributed by atoms with Gasteiger partial charge in [-0.05, 0) is 6.92 Å². The minimum absolute atomic E-state index is 0.0781. The van der Waals surface area contributed by atoms with E-state index in [1.807, 2.05) is 19.1 Å². The Morgan fingerprint density at radius 2 is 1.72 bits per heavy atom. The second-order valence-corrected chi connectivity index (χ2v) is 7.43. The molecule has 0 bridgehead atoms. The summed E-state index contributed by atoms with van der Waals surface area (Å²) in [4.78, 5) is 8.99. The predicted molar refractivity (Wildman–Crippen MR) is 113 cm³/mol. The lowest BCUT2D eigenvalue weighted by molar-refractivity contribution is 0.369. The van der Waals surface area contributed by atoms with Gasteiger partial charge in [0.1, 0.15) is 23.0 Å². The van der Waals surface area contributed by atoms with Crippen molar-refractivity contribution in [3.05, 3.63) is 35.5 Å². The number of nitrogens with one attached hydrogen (secondary N) is 2. The van der Waals surface area contributed by atoms with Gasteiger partial charge in [0, 0.05) is 24.1 Å². The Morgan fingerprint density at radius 3 is 2.21 bits per heavy atom. The molecule has 1 aromatic carbocycles. The van der Waals surface area contributed by atoms with E-state index in [2.05, 4.69) is 41.4 Å². The number of benzene rings is 1. The van der Waals surface area contributed by atoms with Crippen molar-refractivity contribution >= 4 is 5.96 Å². The van der Waals surface area contributed by atoms with Crippen LogP contribution in [0.4, 0.5) is 0 Å². The van der Waals surface area contributed by atoms with Gasteiger partial charge in [-0.1, -0.05) is 20.8 Å². The van der Waals surface area contributed by atoms with Crippen molar-refractivity contribution in [1.82, 2.24) is 15.6 Å². The monoisotopic (exact) mass is 404 g/mol. The first kappa shape index (κ1) is 22.4. The van der Waals surface area contributed by atoms with Crippen molar-refractivity contribution in [3.8, 4) is 17.2 Å². The molecule has 0 fully saturated rings. The fraction of sp³-hybridized carbons (Fsp3) is 0.524. The largest absolute Gasteiger partial charge is 0.496 e. The number of rotatable bonds is 8. The first-order valence-electron chi connectivity index (χ1n) is 9.58. The van der Waals surface area contributed by atoms with Crippen LogP contribution >= 0.6 is 0 Å². The summed E-state index contributed by atoms with van der Waals surface area (Å²) in [7, 11) is 4.83. The zero-order chi connectivity index (χ0) is 21.4. The summed E-state index contributed by atoms with van der Waals surface area (Å²) in [5.74, 6) is 4.08. The van der Waals surface area contributed by atoms with Gasteiger partial charge in [0.25, 0.3) is 0 Å². The smallest absolute Gasteiger partial charge is 0.213 e. The Balaban J connectivity index is 2.16. The quantitative estimate of drug-likeness (QED) is 0.515. The van der Waals surface area contributed by atoms with Crippen LogP contribution in [0.25, 0.3) is 0 Å². The number of oxazole rings is 1. The summed E-state index contributed by atoms with van der Waals surface area (Å²) in [5, 5.41) is 6.47. The maximum atomic E-state index is 5.83. The lowest BCUT2D eigenvalue weighted by Crippen LogP contribution is -2.36. The van der Waals surface area contributed by atoms with E-state index in [0.29, 0.717) is 42.2 Å². The third kappa shape index (κ3) is 6.04. The number of hydrogen-bond donors (Lipinski definition) is 2. The second kappa shape index (κ2) is 10.0. The minimum atomic E-state index is -0.0781. The summed E-state index contributed by atoms with van der Waals surface area (Å²) < 4.78 is 22.1. The summed E-state index contributed by atoms with van der Waals surface area (Å²) in [6.45, 7) is 9.79. The first-order chi connectivity index (χ1) is 13.8. The Kier molecular flexibility index (Phi) is 7.75. The topological polar surface area (TPSA) is 90.1 Å². The number of ether oxygens (including phenoxy) is 3. The van der Waals surface area contributed by atoms with Crippen molar-refractivity contribution in [2.24, 2.45) is 4.99 Å². The van der Waals surface area contributed by atoms with Gasteiger partial charge in [-0.2, -0.15) is 0 Å². The Labute approximate surface area is 172 Å². The molecule has 2 rings (SSSR count). The van der Waals surface area contributed by atoms with E-state index in [1.165, 1.54) is 0 Å². The third-order valence-electron chi connectivity index (χ3n) is 4.26. The van der Waals surface area contributed by atoms with E-state index >= 15 is 0 Å². The second-order valence-electron chi connectivity index (χ2n) is 7.43. The molecule has 1 aromatic heterocycles. The van der Waals surface area contributed by atoms with Gasteiger partial charge in [-0.3, -0.25) is 0 Å². The number of nitrogens with zero attached hydrogens (tertiary/aromatic N) is 2. The van der Waals surface area contributed by atoms with E-state index in [4.69, 9.17) is 18.6 Å². The van der Waals surface area contributed by atoms with Crippen LogP contribution in [0, 0.1) is 0 Å². The zero-order valence-electron chi connectivity index (χ0n) is 18.4. The van der Waals surface area contributed by atoms with Crippen LogP contribution in [-0.2, 0) is 18.5 Å². The highest BCUT2D eigenvalue weighted by Crippen LogP contribution is 2.34. The van der Waals surface area contributed by atoms with Crippen molar-refractivity contribution < 1.29 is 18.6 Å². The molecule has 0 spiro atoms. The molecule has 0 unspecified atom stereocenters. The number of guanidine groups is 1. The Bertz CT molecular complexity index is 799. The molecule has 0 amide bonds. The lowest BCUT2D eigenvalue weighted by atomic mass is 9.94. The van der Waals surface area contributed by atoms with Crippen molar-refractivity contribution in [2.45, 2.75) is 46.2 Å². The number of hydrogen-bond acceptors (Lipinski definition) is 6. The average Bonchev–Trinajstić information content (AvgIpc) is 3.19. The van der Waals surface area contributed by atoms with Gasteiger partial charge in [0.05, 0.1) is 46.2 Å². The molecule has 2 aromatic rings. The molecule has 8 nitrogen and oxygen atoms in total. The van der Waals surface area contributed by atoms with Crippen LogP contribution in [0.3, 0.4) is 0 Å². The van der Waals surface area contributed by atoms with Gasteiger partial charge >= 0.3 is 0 Å². The van der Waals surface area contributed by atoms with Crippen LogP contribution in [0.5, 0.6) is 17.2 Å². The van der Waals surface area contributed by atoms with E-state index < -0.39 is 0 Å². The minimum Gasteiger partial charge on any atom is -0.496 e. The maximum Gasteiger partial charge on any atom is 0.213 e. The summed E-state index contributed by atoms with van der Waals surface area (Å²) in [6, 6.07) is 3.63. The summed E-state index contributed by atoms with van der Waals surface area (Å²) >= 11 is 0.